The van der Waals surface area contributed by atoms with Gasteiger partial charge in [0.05, 0.1) is 12.2 Å². The van der Waals surface area contributed by atoms with E-state index in [2.05, 4.69) is 25.4 Å². The molecule has 0 spiro atoms. The Hall–Kier alpha value is -1.82. The van der Waals surface area contributed by atoms with Crippen molar-refractivity contribution in [3.8, 4) is 0 Å². The van der Waals surface area contributed by atoms with Crippen LogP contribution in [0.5, 0.6) is 0 Å². The van der Waals surface area contributed by atoms with Gasteiger partial charge in [-0.2, -0.15) is 4.98 Å². The van der Waals surface area contributed by atoms with Gasteiger partial charge in [-0.3, -0.25) is 9.97 Å². The second kappa shape index (κ2) is 4.61. The first-order valence-corrected chi connectivity index (χ1v) is 4.59. The highest BCUT2D eigenvalue weighted by atomic mass is 16.5. The van der Waals surface area contributed by atoms with Crippen molar-refractivity contribution in [1.82, 2.24) is 25.4 Å². The van der Waals surface area contributed by atoms with Crippen LogP contribution in [0.4, 0.5) is 0 Å². The molecule has 0 fully saturated rings. The van der Waals surface area contributed by atoms with Crippen LogP contribution in [-0.4, -0.2) is 20.1 Å². The van der Waals surface area contributed by atoms with Gasteiger partial charge < -0.3 is 9.84 Å². The van der Waals surface area contributed by atoms with Crippen LogP contribution >= 0.6 is 0 Å². The maximum atomic E-state index is 4.94. The van der Waals surface area contributed by atoms with Crippen LogP contribution in [-0.2, 0) is 13.1 Å². The minimum absolute atomic E-state index is 0.539. The molecule has 0 radical (unpaired) electrons. The summed E-state index contributed by atoms with van der Waals surface area (Å²) in [5.41, 5.74) is 0.883. The number of nitrogens with zero attached hydrogens (tertiary/aromatic N) is 4. The van der Waals surface area contributed by atoms with Crippen LogP contribution in [0.15, 0.2) is 23.1 Å². The van der Waals surface area contributed by atoms with E-state index in [1.807, 2.05) is 0 Å². The average molecular weight is 205 g/mol. The summed E-state index contributed by atoms with van der Waals surface area (Å²) in [7, 11) is 0. The average Bonchev–Trinajstić information content (AvgIpc) is 2.66. The highest BCUT2D eigenvalue weighted by Crippen LogP contribution is 1.96. The van der Waals surface area contributed by atoms with Crippen molar-refractivity contribution in [2.45, 2.75) is 20.0 Å². The lowest BCUT2D eigenvalue weighted by molar-refractivity contribution is 0.363. The van der Waals surface area contributed by atoms with E-state index in [0.717, 1.165) is 5.69 Å². The molecule has 15 heavy (non-hydrogen) atoms. The third-order valence-corrected chi connectivity index (χ3v) is 1.77. The molecule has 1 N–H and O–H groups in total. The van der Waals surface area contributed by atoms with Crippen LogP contribution < -0.4 is 5.32 Å². The van der Waals surface area contributed by atoms with Crippen molar-refractivity contribution >= 4 is 0 Å². The molecule has 0 aromatic carbocycles. The van der Waals surface area contributed by atoms with Gasteiger partial charge in [0.15, 0.2) is 5.82 Å². The van der Waals surface area contributed by atoms with Crippen molar-refractivity contribution in [3.63, 3.8) is 0 Å². The quantitative estimate of drug-likeness (QED) is 0.781. The zero-order chi connectivity index (χ0) is 10.5. The molecule has 2 heterocycles. The highest BCUT2D eigenvalue weighted by Gasteiger charge is 2.01. The molecule has 78 valence electrons. The van der Waals surface area contributed by atoms with E-state index in [-0.39, 0.29) is 0 Å². The Kier molecular flexibility index (Phi) is 2.99. The lowest BCUT2D eigenvalue weighted by Gasteiger charge is -1.99. The van der Waals surface area contributed by atoms with E-state index < -0.39 is 0 Å². The van der Waals surface area contributed by atoms with Crippen LogP contribution in [0.25, 0.3) is 0 Å². The van der Waals surface area contributed by atoms with Gasteiger partial charge in [0, 0.05) is 25.1 Å². The third-order valence-electron chi connectivity index (χ3n) is 1.77. The Morgan fingerprint density at radius 2 is 2.27 bits per heavy atom. The molecule has 0 aliphatic rings. The summed E-state index contributed by atoms with van der Waals surface area (Å²) >= 11 is 0. The number of nitrogens with one attached hydrogen (secondary N) is 1. The summed E-state index contributed by atoms with van der Waals surface area (Å²) in [5.74, 6) is 1.22. The van der Waals surface area contributed by atoms with Crippen molar-refractivity contribution < 1.29 is 4.52 Å². The second-order valence-corrected chi connectivity index (χ2v) is 3.04. The molecule has 0 saturated heterocycles. The molecule has 0 aliphatic heterocycles. The molecular formula is C9H11N5O. The maximum absolute atomic E-state index is 4.94. The first-order chi connectivity index (χ1) is 7.34. The summed E-state index contributed by atoms with van der Waals surface area (Å²) in [6, 6.07) is 0. The van der Waals surface area contributed by atoms with E-state index in [9.17, 15) is 0 Å². The Morgan fingerprint density at radius 3 is 2.93 bits per heavy atom. The highest BCUT2D eigenvalue weighted by molar-refractivity contribution is 4.94. The van der Waals surface area contributed by atoms with E-state index in [0.29, 0.717) is 24.8 Å². The molecule has 2 rings (SSSR count). The molecular weight excluding hydrogens is 194 g/mol. The normalized spacial score (nSPS) is 10.5. The Bertz CT molecular complexity index is 413. The zero-order valence-corrected chi connectivity index (χ0v) is 8.34. The first-order valence-electron chi connectivity index (χ1n) is 4.59. The molecule has 0 saturated carbocycles. The molecule has 0 bridgehead atoms. The van der Waals surface area contributed by atoms with Crippen LogP contribution in [0.3, 0.4) is 0 Å². The minimum atomic E-state index is 0.539. The predicted molar refractivity (Wildman–Crippen MR) is 51.6 cm³/mol. The Morgan fingerprint density at radius 1 is 1.33 bits per heavy atom. The largest absolute Gasteiger partial charge is 0.338 e. The second-order valence-electron chi connectivity index (χ2n) is 3.04. The summed E-state index contributed by atoms with van der Waals surface area (Å²) in [4.78, 5) is 12.1. The smallest absolute Gasteiger partial charge is 0.240 e. The van der Waals surface area contributed by atoms with Gasteiger partial charge >= 0.3 is 0 Å². The molecule has 2 aromatic heterocycles. The number of rotatable bonds is 4. The van der Waals surface area contributed by atoms with Gasteiger partial charge in [-0.05, 0) is 6.92 Å². The molecule has 6 nitrogen and oxygen atoms in total. The Balaban J connectivity index is 1.80. The molecule has 0 unspecified atom stereocenters. The fraction of sp³-hybridized carbons (Fsp3) is 0.333. The lowest BCUT2D eigenvalue weighted by Crippen LogP contribution is -2.13. The first kappa shape index (κ1) is 9.72. The standard InChI is InChI=1S/C9H11N5O/c1-7-13-9(15-14-7)6-11-5-8-4-10-2-3-12-8/h2-4,11H,5-6H2,1H3. The zero-order valence-electron chi connectivity index (χ0n) is 8.34. The van der Waals surface area contributed by atoms with E-state index >= 15 is 0 Å². The van der Waals surface area contributed by atoms with Gasteiger partial charge in [0.2, 0.25) is 5.89 Å². The summed E-state index contributed by atoms with van der Waals surface area (Å²) in [6.07, 6.45) is 5.02. The third kappa shape index (κ3) is 2.81. The van der Waals surface area contributed by atoms with Crippen molar-refractivity contribution in [2.24, 2.45) is 0 Å². The van der Waals surface area contributed by atoms with E-state index in [1.165, 1.54) is 0 Å². The van der Waals surface area contributed by atoms with Crippen LogP contribution in [0.1, 0.15) is 17.4 Å². The summed E-state index contributed by atoms with van der Waals surface area (Å²) < 4.78 is 4.94. The van der Waals surface area contributed by atoms with Gasteiger partial charge in [-0.15, -0.1) is 0 Å². The summed E-state index contributed by atoms with van der Waals surface area (Å²) in [5, 5.41) is 6.82. The van der Waals surface area contributed by atoms with Gasteiger partial charge in [0.1, 0.15) is 0 Å². The number of hydrogen-bond donors (Lipinski definition) is 1. The monoisotopic (exact) mass is 205 g/mol. The van der Waals surface area contributed by atoms with Crippen LogP contribution in [0, 0.1) is 6.92 Å². The fourth-order valence-electron chi connectivity index (χ4n) is 1.13. The van der Waals surface area contributed by atoms with Gasteiger partial charge in [-0.25, -0.2) is 0 Å². The van der Waals surface area contributed by atoms with Crippen LogP contribution in [0.2, 0.25) is 0 Å². The van der Waals surface area contributed by atoms with E-state index in [4.69, 9.17) is 4.52 Å². The minimum Gasteiger partial charge on any atom is -0.338 e. The molecule has 0 atom stereocenters. The van der Waals surface area contributed by atoms with Crippen molar-refractivity contribution in [2.75, 3.05) is 0 Å². The molecule has 0 amide bonds. The number of hydrogen-bond acceptors (Lipinski definition) is 6. The fourth-order valence-corrected chi connectivity index (χ4v) is 1.13. The predicted octanol–water partition coefficient (Wildman–Crippen LogP) is 0.458. The van der Waals surface area contributed by atoms with Crippen molar-refractivity contribution in [3.05, 3.63) is 36.0 Å². The Labute approximate surface area is 86.8 Å². The molecule has 6 heteroatoms. The molecule has 2 aromatic rings. The lowest BCUT2D eigenvalue weighted by atomic mass is 10.4. The number of aromatic nitrogens is 4. The summed E-state index contributed by atoms with van der Waals surface area (Å²) in [6.45, 7) is 2.96. The maximum Gasteiger partial charge on any atom is 0.240 e. The SMILES string of the molecule is Cc1noc(CNCc2cnccn2)n1. The van der Waals surface area contributed by atoms with Gasteiger partial charge in [-0.1, -0.05) is 5.16 Å². The molecule has 0 aliphatic carbocycles. The topological polar surface area (TPSA) is 76.7 Å². The van der Waals surface area contributed by atoms with Crippen molar-refractivity contribution in [1.29, 1.82) is 0 Å². The van der Waals surface area contributed by atoms with E-state index in [1.54, 1.807) is 25.5 Å². The van der Waals surface area contributed by atoms with Gasteiger partial charge in [0.25, 0.3) is 0 Å². The number of aryl methyl sites for hydroxylation is 1.